The van der Waals surface area contributed by atoms with Crippen LogP contribution in [0.5, 0.6) is 0 Å². The summed E-state index contributed by atoms with van der Waals surface area (Å²) >= 11 is 1.59. The molecule has 21 heavy (non-hydrogen) atoms. The maximum Gasteiger partial charge on any atom is 0.328 e. The Hall–Kier alpha value is -2.40. The number of hydrogen-bond donors (Lipinski definition) is 2. The number of aliphatic carboxylic acids is 1. The number of benzene rings is 1. The molecule has 0 saturated heterocycles. The number of hydrogen-bond acceptors (Lipinski definition) is 3. The third-order valence-corrected chi connectivity index (χ3v) is 3.81. The molecule has 5 heteroatoms. The molecule has 0 spiro atoms. The van der Waals surface area contributed by atoms with Crippen molar-refractivity contribution in [3.8, 4) is 0 Å². The molecule has 1 heterocycles. The number of rotatable bonds is 4. The van der Waals surface area contributed by atoms with E-state index < -0.39 is 5.97 Å². The van der Waals surface area contributed by atoms with Gasteiger partial charge in [-0.1, -0.05) is 12.1 Å². The summed E-state index contributed by atoms with van der Waals surface area (Å²) in [6, 6.07) is 8.90. The van der Waals surface area contributed by atoms with Crippen molar-refractivity contribution in [3.63, 3.8) is 0 Å². The molecule has 0 atom stereocenters. The molecule has 0 aliphatic rings. The fraction of sp³-hybridized carbons (Fsp3) is 0.125. The van der Waals surface area contributed by atoms with Crippen molar-refractivity contribution in [1.29, 1.82) is 0 Å². The van der Waals surface area contributed by atoms with Gasteiger partial charge in [0.05, 0.1) is 5.56 Å². The van der Waals surface area contributed by atoms with Crippen molar-refractivity contribution in [2.75, 3.05) is 5.32 Å². The Morgan fingerprint density at radius 1 is 1.24 bits per heavy atom. The quantitative estimate of drug-likeness (QED) is 0.846. The van der Waals surface area contributed by atoms with Gasteiger partial charge >= 0.3 is 5.97 Å². The maximum atomic E-state index is 12.2. The van der Waals surface area contributed by atoms with Crippen LogP contribution in [0.15, 0.2) is 36.4 Å². The van der Waals surface area contributed by atoms with E-state index in [1.54, 1.807) is 35.6 Å². The molecule has 0 radical (unpaired) electrons. The van der Waals surface area contributed by atoms with Crippen LogP contribution < -0.4 is 5.32 Å². The summed E-state index contributed by atoms with van der Waals surface area (Å²) < 4.78 is 0. The summed E-state index contributed by atoms with van der Waals surface area (Å²) in [7, 11) is 0. The Labute approximate surface area is 126 Å². The molecule has 0 bridgehead atoms. The number of nitrogens with one attached hydrogen (secondary N) is 1. The fourth-order valence-electron chi connectivity index (χ4n) is 1.94. The highest BCUT2D eigenvalue weighted by Gasteiger charge is 2.12. The summed E-state index contributed by atoms with van der Waals surface area (Å²) in [6.45, 7) is 3.88. The number of anilines is 1. The van der Waals surface area contributed by atoms with Crippen molar-refractivity contribution in [2.45, 2.75) is 13.8 Å². The summed E-state index contributed by atoms with van der Waals surface area (Å²) in [4.78, 5) is 24.8. The van der Waals surface area contributed by atoms with Crippen LogP contribution in [0.4, 0.5) is 5.69 Å². The van der Waals surface area contributed by atoms with E-state index in [1.165, 1.54) is 6.08 Å². The summed E-state index contributed by atoms with van der Waals surface area (Å²) in [6.07, 6.45) is 2.55. The van der Waals surface area contributed by atoms with Gasteiger partial charge in [-0.2, -0.15) is 0 Å². The number of carbonyl (C=O) groups excluding carboxylic acids is 1. The first kappa shape index (κ1) is 15.0. The molecule has 1 aromatic heterocycles. The number of carboxylic acids is 1. The van der Waals surface area contributed by atoms with E-state index >= 15 is 0 Å². The van der Waals surface area contributed by atoms with Crippen LogP contribution in [0.2, 0.25) is 0 Å². The third-order valence-electron chi connectivity index (χ3n) is 2.85. The van der Waals surface area contributed by atoms with Gasteiger partial charge in [-0.25, -0.2) is 4.79 Å². The molecule has 1 amide bonds. The van der Waals surface area contributed by atoms with E-state index in [-0.39, 0.29) is 5.91 Å². The summed E-state index contributed by atoms with van der Waals surface area (Å²) in [5.41, 5.74) is 2.02. The zero-order chi connectivity index (χ0) is 15.4. The van der Waals surface area contributed by atoms with E-state index in [0.29, 0.717) is 16.8 Å². The van der Waals surface area contributed by atoms with Gasteiger partial charge in [-0.15, -0.1) is 11.3 Å². The first-order chi connectivity index (χ1) is 9.95. The number of carbonyl (C=O) groups is 2. The standard InChI is InChI=1S/C16H15NO3S/c1-10-8-14(11(2)21-10)16(20)17-13-5-3-4-12(9-13)6-7-15(18)19/h3-9H,1-2H3,(H,17,20)(H,18,19)/b7-6+. The second kappa shape index (κ2) is 6.37. The average Bonchev–Trinajstić information content (AvgIpc) is 2.76. The topological polar surface area (TPSA) is 66.4 Å². The smallest absolute Gasteiger partial charge is 0.328 e. The van der Waals surface area contributed by atoms with Crippen LogP contribution in [0.25, 0.3) is 6.08 Å². The largest absolute Gasteiger partial charge is 0.478 e. The van der Waals surface area contributed by atoms with Gasteiger partial charge in [0.1, 0.15) is 0 Å². The van der Waals surface area contributed by atoms with Gasteiger partial charge in [0, 0.05) is 21.5 Å². The van der Waals surface area contributed by atoms with Gasteiger partial charge in [-0.3, -0.25) is 4.79 Å². The molecule has 2 aromatic rings. The highest BCUT2D eigenvalue weighted by atomic mass is 32.1. The molecule has 4 nitrogen and oxygen atoms in total. The monoisotopic (exact) mass is 301 g/mol. The molecule has 1 aromatic carbocycles. The van der Waals surface area contributed by atoms with Crippen LogP contribution in [0, 0.1) is 13.8 Å². The van der Waals surface area contributed by atoms with Crippen LogP contribution in [0.3, 0.4) is 0 Å². The van der Waals surface area contributed by atoms with Crippen LogP contribution in [0.1, 0.15) is 25.7 Å². The molecular formula is C16H15NO3S. The second-order valence-electron chi connectivity index (χ2n) is 4.58. The molecular weight excluding hydrogens is 286 g/mol. The number of carboxylic acid groups (broad SMARTS) is 1. The lowest BCUT2D eigenvalue weighted by Gasteiger charge is -2.05. The van der Waals surface area contributed by atoms with E-state index in [2.05, 4.69) is 5.32 Å². The zero-order valence-corrected chi connectivity index (χ0v) is 12.5. The van der Waals surface area contributed by atoms with Crippen molar-refractivity contribution >= 4 is 35.0 Å². The first-order valence-corrected chi connectivity index (χ1v) is 7.17. The Kier molecular flexibility index (Phi) is 4.55. The predicted octanol–water partition coefficient (Wildman–Crippen LogP) is 3.72. The Balaban J connectivity index is 2.16. The van der Waals surface area contributed by atoms with Crippen LogP contribution in [-0.2, 0) is 4.79 Å². The van der Waals surface area contributed by atoms with Crippen LogP contribution in [-0.4, -0.2) is 17.0 Å². The Bertz CT molecular complexity index is 716. The van der Waals surface area contributed by atoms with Crippen LogP contribution >= 0.6 is 11.3 Å². The molecule has 0 saturated carbocycles. The lowest BCUT2D eigenvalue weighted by atomic mass is 10.1. The van der Waals surface area contributed by atoms with Gasteiger partial charge in [-0.05, 0) is 43.7 Å². The molecule has 2 N–H and O–H groups in total. The van der Waals surface area contributed by atoms with Crippen molar-refractivity contribution in [1.82, 2.24) is 0 Å². The third kappa shape index (κ3) is 4.03. The lowest BCUT2D eigenvalue weighted by Crippen LogP contribution is -2.11. The highest BCUT2D eigenvalue weighted by molar-refractivity contribution is 7.12. The van der Waals surface area contributed by atoms with Crippen molar-refractivity contribution < 1.29 is 14.7 Å². The minimum absolute atomic E-state index is 0.156. The van der Waals surface area contributed by atoms with Gasteiger partial charge in [0.15, 0.2) is 0 Å². The minimum Gasteiger partial charge on any atom is -0.478 e. The van der Waals surface area contributed by atoms with E-state index in [1.807, 2.05) is 19.9 Å². The maximum absolute atomic E-state index is 12.2. The SMILES string of the molecule is Cc1cc(C(=O)Nc2cccc(/C=C/C(=O)O)c2)c(C)s1. The molecule has 2 rings (SSSR count). The predicted molar refractivity (Wildman–Crippen MR) is 84.9 cm³/mol. The highest BCUT2D eigenvalue weighted by Crippen LogP contribution is 2.22. The van der Waals surface area contributed by atoms with Crippen molar-refractivity contribution in [2.24, 2.45) is 0 Å². The van der Waals surface area contributed by atoms with E-state index in [0.717, 1.165) is 15.8 Å². The van der Waals surface area contributed by atoms with Crippen molar-refractivity contribution in [3.05, 3.63) is 57.3 Å². The molecule has 0 aliphatic carbocycles. The number of aryl methyl sites for hydroxylation is 2. The fourth-order valence-corrected chi connectivity index (χ4v) is 2.86. The molecule has 0 aliphatic heterocycles. The summed E-state index contributed by atoms with van der Waals surface area (Å²) in [5, 5.41) is 11.4. The van der Waals surface area contributed by atoms with Gasteiger partial charge < -0.3 is 10.4 Å². The second-order valence-corrected chi connectivity index (χ2v) is 6.04. The number of thiophene rings is 1. The Morgan fingerprint density at radius 2 is 2.00 bits per heavy atom. The molecule has 108 valence electrons. The van der Waals surface area contributed by atoms with Gasteiger partial charge in [0.2, 0.25) is 0 Å². The first-order valence-electron chi connectivity index (χ1n) is 6.35. The molecule has 0 unspecified atom stereocenters. The van der Waals surface area contributed by atoms with Gasteiger partial charge in [0.25, 0.3) is 5.91 Å². The Morgan fingerprint density at radius 3 is 2.62 bits per heavy atom. The summed E-state index contributed by atoms with van der Waals surface area (Å²) in [5.74, 6) is -1.16. The normalized spacial score (nSPS) is 10.8. The van der Waals surface area contributed by atoms with E-state index in [4.69, 9.17) is 5.11 Å². The molecule has 0 fully saturated rings. The average molecular weight is 301 g/mol. The zero-order valence-electron chi connectivity index (χ0n) is 11.7. The minimum atomic E-state index is -1.01. The van der Waals surface area contributed by atoms with E-state index in [9.17, 15) is 9.59 Å². The lowest BCUT2D eigenvalue weighted by molar-refractivity contribution is -0.131. The number of amides is 1.